The first kappa shape index (κ1) is 19.0. The number of fused-ring (bicyclic) bond motifs is 1. The standard InChI is InChI=1S/C22H23N5O2S/c28-20(23-17-4-2-1-3-5-17)19-25-24-18-6-8-22(10-12-27(18)19)9-11-26(15-22)21(29)16-7-13-30-14-16/h1-5,7,13-14H,6,8-12,15H2,(H,23,28)/t22-/m0/s1. The van der Waals surface area contributed by atoms with Gasteiger partial charge >= 0.3 is 0 Å². The Bertz CT molecular complexity index is 1060. The normalized spacial score (nSPS) is 20.7. The Morgan fingerprint density at radius 1 is 1.03 bits per heavy atom. The molecule has 2 amide bonds. The smallest absolute Gasteiger partial charge is 0.293 e. The van der Waals surface area contributed by atoms with Crippen molar-refractivity contribution in [2.75, 3.05) is 18.4 Å². The fraction of sp³-hybridized carbons (Fsp3) is 0.364. The molecule has 3 aromatic rings. The van der Waals surface area contributed by atoms with E-state index in [1.165, 1.54) is 0 Å². The third kappa shape index (κ3) is 3.52. The van der Waals surface area contributed by atoms with Gasteiger partial charge in [0, 0.05) is 37.1 Å². The Labute approximate surface area is 178 Å². The SMILES string of the molecule is O=C(Nc1ccccc1)c1nnc2n1CC[C@]1(CC2)CCN(C(=O)c2ccsc2)C1. The number of nitrogens with one attached hydrogen (secondary N) is 1. The van der Waals surface area contributed by atoms with E-state index in [9.17, 15) is 9.59 Å². The van der Waals surface area contributed by atoms with Crippen molar-refractivity contribution < 1.29 is 9.59 Å². The van der Waals surface area contributed by atoms with Crippen LogP contribution in [0.5, 0.6) is 0 Å². The highest BCUT2D eigenvalue weighted by Gasteiger charge is 2.41. The largest absolute Gasteiger partial charge is 0.338 e. The fourth-order valence-corrected chi connectivity index (χ4v) is 5.20. The highest BCUT2D eigenvalue weighted by Crippen LogP contribution is 2.41. The minimum Gasteiger partial charge on any atom is -0.338 e. The number of likely N-dealkylation sites (tertiary alicyclic amines) is 1. The molecule has 1 aromatic carbocycles. The van der Waals surface area contributed by atoms with Gasteiger partial charge in [-0.2, -0.15) is 11.3 Å². The zero-order chi connectivity index (χ0) is 20.6. The molecule has 0 bridgehead atoms. The predicted molar refractivity (Wildman–Crippen MR) is 115 cm³/mol. The van der Waals surface area contributed by atoms with Gasteiger partial charge in [0.1, 0.15) is 5.82 Å². The summed E-state index contributed by atoms with van der Waals surface area (Å²) in [5.41, 5.74) is 1.60. The molecule has 0 aliphatic carbocycles. The Balaban J connectivity index is 1.29. The topological polar surface area (TPSA) is 80.1 Å². The van der Waals surface area contributed by atoms with Crippen LogP contribution in [-0.4, -0.2) is 44.6 Å². The van der Waals surface area contributed by atoms with E-state index in [0.717, 1.165) is 55.8 Å². The van der Waals surface area contributed by atoms with E-state index >= 15 is 0 Å². The van der Waals surface area contributed by atoms with Crippen LogP contribution in [0, 0.1) is 5.41 Å². The average Bonchev–Trinajstić information content (AvgIpc) is 3.49. The summed E-state index contributed by atoms with van der Waals surface area (Å²) >= 11 is 1.55. The lowest BCUT2D eigenvalue weighted by molar-refractivity contribution is 0.0767. The monoisotopic (exact) mass is 421 g/mol. The van der Waals surface area contributed by atoms with Gasteiger partial charge in [-0.15, -0.1) is 10.2 Å². The molecule has 2 aliphatic rings. The molecule has 1 fully saturated rings. The molecule has 1 spiro atoms. The molecule has 7 nitrogen and oxygen atoms in total. The minimum absolute atomic E-state index is 0.0829. The number of carbonyl (C=O) groups is 2. The number of aromatic nitrogens is 3. The maximum absolute atomic E-state index is 12.8. The van der Waals surface area contributed by atoms with E-state index in [1.54, 1.807) is 11.3 Å². The summed E-state index contributed by atoms with van der Waals surface area (Å²) in [7, 11) is 0. The highest BCUT2D eigenvalue weighted by atomic mass is 32.1. The van der Waals surface area contributed by atoms with Crippen LogP contribution in [0.2, 0.25) is 0 Å². The molecular weight excluding hydrogens is 398 g/mol. The van der Waals surface area contributed by atoms with Crippen molar-refractivity contribution in [1.82, 2.24) is 19.7 Å². The van der Waals surface area contributed by atoms with E-state index in [4.69, 9.17) is 0 Å². The molecule has 8 heteroatoms. The number of nitrogens with zero attached hydrogens (tertiary/aromatic N) is 4. The van der Waals surface area contributed by atoms with Crippen LogP contribution in [0.25, 0.3) is 0 Å². The van der Waals surface area contributed by atoms with Crippen LogP contribution < -0.4 is 5.32 Å². The molecular formula is C22H23N5O2S. The Morgan fingerprint density at radius 2 is 1.87 bits per heavy atom. The average molecular weight is 422 g/mol. The van der Waals surface area contributed by atoms with Gasteiger partial charge in [-0.25, -0.2) is 0 Å². The molecule has 2 aliphatic heterocycles. The molecule has 154 valence electrons. The molecule has 1 saturated heterocycles. The lowest BCUT2D eigenvalue weighted by Gasteiger charge is -2.27. The summed E-state index contributed by atoms with van der Waals surface area (Å²) in [6.45, 7) is 2.25. The lowest BCUT2D eigenvalue weighted by atomic mass is 9.80. The first-order chi connectivity index (χ1) is 14.6. The molecule has 1 atom stereocenters. The Morgan fingerprint density at radius 3 is 2.67 bits per heavy atom. The van der Waals surface area contributed by atoms with Gasteiger partial charge in [-0.1, -0.05) is 18.2 Å². The number of thiophene rings is 1. The van der Waals surface area contributed by atoms with Crippen LogP contribution >= 0.6 is 11.3 Å². The number of rotatable bonds is 3. The number of amides is 2. The van der Waals surface area contributed by atoms with Crippen LogP contribution in [0.3, 0.4) is 0 Å². The first-order valence-electron chi connectivity index (χ1n) is 10.2. The zero-order valence-electron chi connectivity index (χ0n) is 16.6. The van der Waals surface area contributed by atoms with Crippen molar-refractivity contribution in [2.45, 2.75) is 32.2 Å². The second-order valence-electron chi connectivity index (χ2n) is 8.15. The predicted octanol–water partition coefficient (Wildman–Crippen LogP) is 3.46. The van der Waals surface area contributed by atoms with Crippen LogP contribution in [0.1, 0.15) is 46.1 Å². The maximum Gasteiger partial charge on any atom is 0.293 e. The second-order valence-corrected chi connectivity index (χ2v) is 8.93. The quantitative estimate of drug-likeness (QED) is 0.702. The van der Waals surface area contributed by atoms with E-state index in [2.05, 4.69) is 15.5 Å². The van der Waals surface area contributed by atoms with Crippen molar-refractivity contribution in [1.29, 1.82) is 0 Å². The molecule has 0 unspecified atom stereocenters. The van der Waals surface area contributed by atoms with Gasteiger partial charge in [-0.05, 0) is 48.3 Å². The summed E-state index contributed by atoms with van der Waals surface area (Å²) in [5, 5.41) is 15.2. The number of aryl methyl sites for hydroxylation is 1. The van der Waals surface area contributed by atoms with Gasteiger partial charge in [0.15, 0.2) is 0 Å². The van der Waals surface area contributed by atoms with E-state index in [1.807, 2.05) is 56.6 Å². The summed E-state index contributed by atoms with van der Waals surface area (Å²) in [6.07, 6.45) is 3.63. The van der Waals surface area contributed by atoms with Crippen LogP contribution in [0.15, 0.2) is 47.2 Å². The van der Waals surface area contributed by atoms with Crippen molar-refractivity contribution >= 4 is 28.8 Å². The van der Waals surface area contributed by atoms with Gasteiger partial charge in [0.2, 0.25) is 5.82 Å². The second kappa shape index (κ2) is 7.68. The Hall–Kier alpha value is -3.00. The molecule has 0 radical (unpaired) electrons. The number of carbonyl (C=O) groups excluding carboxylic acids is 2. The van der Waals surface area contributed by atoms with Gasteiger partial charge in [0.25, 0.3) is 11.8 Å². The third-order valence-corrected chi connectivity index (χ3v) is 6.98. The van der Waals surface area contributed by atoms with Crippen molar-refractivity contribution in [3.8, 4) is 0 Å². The Kier molecular flexibility index (Phi) is 4.86. The lowest BCUT2D eigenvalue weighted by Crippen LogP contribution is -2.32. The van der Waals surface area contributed by atoms with Gasteiger partial charge in [0.05, 0.1) is 5.56 Å². The van der Waals surface area contributed by atoms with Gasteiger partial charge < -0.3 is 14.8 Å². The van der Waals surface area contributed by atoms with Crippen molar-refractivity contribution in [3.63, 3.8) is 0 Å². The minimum atomic E-state index is -0.239. The molecule has 30 heavy (non-hydrogen) atoms. The van der Waals surface area contributed by atoms with Crippen LogP contribution in [-0.2, 0) is 13.0 Å². The van der Waals surface area contributed by atoms with E-state index < -0.39 is 0 Å². The van der Waals surface area contributed by atoms with Crippen LogP contribution in [0.4, 0.5) is 5.69 Å². The van der Waals surface area contributed by atoms with Crippen molar-refractivity contribution in [3.05, 3.63) is 64.4 Å². The first-order valence-corrected chi connectivity index (χ1v) is 11.2. The fourth-order valence-electron chi connectivity index (χ4n) is 4.57. The summed E-state index contributed by atoms with van der Waals surface area (Å²) in [6, 6.07) is 11.3. The maximum atomic E-state index is 12.8. The van der Waals surface area contributed by atoms with E-state index in [-0.39, 0.29) is 17.2 Å². The molecule has 5 rings (SSSR count). The highest BCUT2D eigenvalue weighted by molar-refractivity contribution is 7.08. The van der Waals surface area contributed by atoms with Gasteiger partial charge in [-0.3, -0.25) is 9.59 Å². The molecule has 1 N–H and O–H groups in total. The number of anilines is 1. The third-order valence-electron chi connectivity index (χ3n) is 6.30. The molecule has 2 aromatic heterocycles. The number of benzene rings is 1. The summed E-state index contributed by atoms with van der Waals surface area (Å²) < 4.78 is 1.95. The number of para-hydroxylation sites is 1. The zero-order valence-corrected chi connectivity index (χ0v) is 17.4. The molecule has 4 heterocycles. The molecule has 0 saturated carbocycles. The van der Waals surface area contributed by atoms with Crippen molar-refractivity contribution in [2.24, 2.45) is 5.41 Å². The number of hydrogen-bond acceptors (Lipinski definition) is 5. The van der Waals surface area contributed by atoms with E-state index in [0.29, 0.717) is 12.4 Å². The number of hydrogen-bond donors (Lipinski definition) is 1. The summed E-state index contributed by atoms with van der Waals surface area (Å²) in [4.78, 5) is 27.5. The summed E-state index contributed by atoms with van der Waals surface area (Å²) in [5.74, 6) is 1.10.